The van der Waals surface area contributed by atoms with E-state index in [-0.39, 0.29) is 0 Å². The maximum absolute atomic E-state index is 8.51. The van der Waals surface area contributed by atoms with E-state index < -0.39 is 0 Å². The molecule has 0 saturated carbocycles. The predicted octanol–water partition coefficient (Wildman–Crippen LogP) is 2.43. The Balaban J connectivity index is 2.49. The predicted molar refractivity (Wildman–Crippen MR) is 53.3 cm³/mol. The van der Waals surface area contributed by atoms with Crippen LogP contribution in [0.2, 0.25) is 5.15 Å². The lowest BCUT2D eigenvalue weighted by molar-refractivity contribution is 0.162. The van der Waals surface area contributed by atoms with E-state index in [0.717, 1.165) is 15.1 Å². The zero-order valence-corrected chi connectivity index (χ0v) is 8.19. The molecule has 0 aliphatic carbocycles. The average Bonchev–Trinajstić information content (AvgIpc) is 2.46. The molecule has 0 spiro atoms. The summed E-state index contributed by atoms with van der Waals surface area (Å²) in [6.45, 7) is 0.443. The lowest BCUT2D eigenvalue weighted by Crippen LogP contribution is -2.03. The van der Waals surface area contributed by atoms with Gasteiger partial charge in [-0.15, -0.1) is 11.3 Å². The van der Waals surface area contributed by atoms with Gasteiger partial charge in [0.05, 0.1) is 16.8 Å². The van der Waals surface area contributed by atoms with Crippen LogP contribution >= 0.6 is 22.9 Å². The minimum absolute atomic E-state index is 0.443. The number of hydrogen-bond donors (Lipinski definition) is 2. The Kier molecular flexibility index (Phi) is 2.46. The number of nitrogens with one attached hydrogen (secondary N) is 1. The minimum atomic E-state index is 0.443. The Bertz CT molecular complexity index is 429. The van der Waals surface area contributed by atoms with Crippen LogP contribution in [0.3, 0.4) is 0 Å². The number of hydroxylamine groups is 1. The Morgan fingerprint density at radius 3 is 3.15 bits per heavy atom. The third-order valence-electron chi connectivity index (χ3n) is 1.64. The van der Waals surface area contributed by atoms with E-state index in [1.165, 1.54) is 0 Å². The third kappa shape index (κ3) is 1.81. The molecule has 3 nitrogen and oxygen atoms in total. The number of thiophene rings is 1. The second-order valence-corrected chi connectivity index (χ2v) is 4.12. The Morgan fingerprint density at radius 2 is 2.38 bits per heavy atom. The van der Waals surface area contributed by atoms with E-state index in [0.29, 0.717) is 11.7 Å². The van der Waals surface area contributed by atoms with Gasteiger partial charge in [0.2, 0.25) is 0 Å². The summed E-state index contributed by atoms with van der Waals surface area (Å²) in [4.78, 5) is 5.18. The molecule has 0 aliphatic rings. The van der Waals surface area contributed by atoms with E-state index in [4.69, 9.17) is 16.8 Å². The molecule has 0 radical (unpaired) electrons. The number of nitrogens with zero attached hydrogens (tertiary/aromatic N) is 1. The first-order valence-corrected chi connectivity index (χ1v) is 4.91. The van der Waals surface area contributed by atoms with Crippen LogP contribution in [0.25, 0.3) is 10.2 Å². The molecule has 2 aromatic rings. The van der Waals surface area contributed by atoms with Crippen molar-refractivity contribution in [3.63, 3.8) is 0 Å². The van der Waals surface area contributed by atoms with Crippen molar-refractivity contribution in [3.8, 4) is 0 Å². The molecule has 2 rings (SSSR count). The maximum atomic E-state index is 8.51. The topological polar surface area (TPSA) is 45.1 Å². The number of halogens is 1. The van der Waals surface area contributed by atoms with Gasteiger partial charge in [-0.2, -0.15) is 0 Å². The second-order valence-electron chi connectivity index (χ2n) is 2.56. The Morgan fingerprint density at radius 1 is 1.54 bits per heavy atom. The number of rotatable bonds is 2. The van der Waals surface area contributed by atoms with Crippen LogP contribution in [-0.4, -0.2) is 10.2 Å². The van der Waals surface area contributed by atoms with E-state index in [2.05, 4.69) is 10.5 Å². The molecule has 5 heteroatoms. The molecule has 0 unspecified atom stereocenters. The lowest BCUT2D eigenvalue weighted by atomic mass is 10.4. The minimum Gasteiger partial charge on any atom is -0.316 e. The molecular formula is C8H7ClN2OS. The largest absolute Gasteiger partial charge is 0.316 e. The van der Waals surface area contributed by atoms with Crippen molar-refractivity contribution in [2.45, 2.75) is 6.54 Å². The van der Waals surface area contributed by atoms with Crippen LogP contribution in [0.1, 0.15) is 4.88 Å². The monoisotopic (exact) mass is 214 g/mol. The first kappa shape index (κ1) is 8.90. The van der Waals surface area contributed by atoms with Gasteiger partial charge in [-0.3, -0.25) is 0 Å². The van der Waals surface area contributed by atoms with Gasteiger partial charge in [-0.1, -0.05) is 11.6 Å². The van der Waals surface area contributed by atoms with E-state index in [9.17, 15) is 0 Å². The van der Waals surface area contributed by atoms with Crippen LogP contribution in [0.15, 0.2) is 18.2 Å². The van der Waals surface area contributed by atoms with Crippen molar-refractivity contribution in [3.05, 3.63) is 28.2 Å². The van der Waals surface area contributed by atoms with Gasteiger partial charge >= 0.3 is 0 Å². The molecule has 68 valence electrons. The SMILES string of the molecule is ONCc1cc2nc(Cl)ccc2s1. The molecule has 2 aromatic heterocycles. The van der Waals surface area contributed by atoms with Gasteiger partial charge in [0.25, 0.3) is 0 Å². The van der Waals surface area contributed by atoms with Crippen LogP contribution in [-0.2, 0) is 6.54 Å². The lowest BCUT2D eigenvalue weighted by Gasteiger charge is -1.88. The molecule has 0 aliphatic heterocycles. The van der Waals surface area contributed by atoms with E-state index in [1.54, 1.807) is 17.4 Å². The molecule has 2 heterocycles. The number of fused-ring (bicyclic) bond motifs is 1. The molecular weight excluding hydrogens is 208 g/mol. The number of hydrogen-bond acceptors (Lipinski definition) is 4. The Labute approximate surface area is 83.9 Å². The van der Waals surface area contributed by atoms with Crippen LogP contribution in [0, 0.1) is 0 Å². The summed E-state index contributed by atoms with van der Waals surface area (Å²) in [7, 11) is 0. The molecule has 0 aromatic carbocycles. The van der Waals surface area contributed by atoms with Gasteiger partial charge < -0.3 is 5.21 Å². The molecule has 0 atom stereocenters. The second kappa shape index (κ2) is 3.59. The molecule has 0 saturated heterocycles. The summed E-state index contributed by atoms with van der Waals surface area (Å²) < 4.78 is 1.08. The third-order valence-corrected chi connectivity index (χ3v) is 2.94. The molecule has 13 heavy (non-hydrogen) atoms. The Hall–Kier alpha value is -0.680. The van der Waals surface area contributed by atoms with Crippen molar-refractivity contribution < 1.29 is 5.21 Å². The molecule has 0 amide bonds. The van der Waals surface area contributed by atoms with Crippen molar-refractivity contribution in [2.24, 2.45) is 0 Å². The zero-order valence-electron chi connectivity index (χ0n) is 6.62. The summed E-state index contributed by atoms with van der Waals surface area (Å²) in [5, 5.41) is 9.00. The normalized spacial score (nSPS) is 10.9. The highest BCUT2D eigenvalue weighted by atomic mass is 35.5. The quantitative estimate of drug-likeness (QED) is 0.596. The van der Waals surface area contributed by atoms with Gasteiger partial charge in [0.1, 0.15) is 5.15 Å². The van der Waals surface area contributed by atoms with Gasteiger partial charge in [0.15, 0.2) is 0 Å². The highest BCUT2D eigenvalue weighted by Gasteiger charge is 2.02. The van der Waals surface area contributed by atoms with Crippen molar-refractivity contribution >= 4 is 33.2 Å². The fourth-order valence-corrected chi connectivity index (χ4v) is 2.20. The van der Waals surface area contributed by atoms with Crippen molar-refractivity contribution in [1.82, 2.24) is 10.5 Å². The van der Waals surface area contributed by atoms with Gasteiger partial charge in [0, 0.05) is 4.88 Å². The summed E-state index contributed by atoms with van der Waals surface area (Å²) in [6, 6.07) is 5.60. The first-order chi connectivity index (χ1) is 6.29. The fourth-order valence-electron chi connectivity index (χ4n) is 1.12. The molecule has 0 fully saturated rings. The van der Waals surface area contributed by atoms with Crippen LogP contribution in [0.4, 0.5) is 0 Å². The number of pyridine rings is 1. The number of aromatic nitrogens is 1. The molecule has 0 bridgehead atoms. The average molecular weight is 215 g/mol. The van der Waals surface area contributed by atoms with Crippen molar-refractivity contribution in [2.75, 3.05) is 0 Å². The van der Waals surface area contributed by atoms with E-state index in [1.807, 2.05) is 12.1 Å². The van der Waals surface area contributed by atoms with E-state index >= 15 is 0 Å². The summed E-state index contributed by atoms with van der Waals surface area (Å²) in [5.74, 6) is 0. The standard InChI is InChI=1S/C8H7ClN2OS/c9-8-2-1-7-6(11-8)3-5(13-7)4-10-12/h1-3,10,12H,4H2. The van der Waals surface area contributed by atoms with Gasteiger partial charge in [-0.25, -0.2) is 10.5 Å². The van der Waals surface area contributed by atoms with Gasteiger partial charge in [-0.05, 0) is 18.2 Å². The van der Waals surface area contributed by atoms with Crippen LogP contribution in [0.5, 0.6) is 0 Å². The zero-order chi connectivity index (χ0) is 9.26. The fraction of sp³-hybridized carbons (Fsp3) is 0.125. The molecule has 2 N–H and O–H groups in total. The first-order valence-electron chi connectivity index (χ1n) is 3.71. The highest BCUT2D eigenvalue weighted by Crippen LogP contribution is 2.25. The smallest absolute Gasteiger partial charge is 0.129 e. The summed E-state index contributed by atoms with van der Waals surface area (Å²) in [6.07, 6.45) is 0. The summed E-state index contributed by atoms with van der Waals surface area (Å²) >= 11 is 7.32. The van der Waals surface area contributed by atoms with Crippen LogP contribution < -0.4 is 5.48 Å². The highest BCUT2D eigenvalue weighted by molar-refractivity contribution is 7.19. The van der Waals surface area contributed by atoms with Crippen molar-refractivity contribution in [1.29, 1.82) is 0 Å². The summed E-state index contributed by atoms with van der Waals surface area (Å²) in [5.41, 5.74) is 2.99. The maximum Gasteiger partial charge on any atom is 0.129 e.